The number of nitrogens with zero attached hydrogens (tertiary/aromatic N) is 1. The Morgan fingerprint density at radius 2 is 2.30 bits per heavy atom. The minimum atomic E-state index is -0.522. The van der Waals surface area contributed by atoms with Crippen LogP contribution in [0.1, 0.15) is 30.6 Å². The van der Waals surface area contributed by atoms with Gasteiger partial charge in [-0.1, -0.05) is 0 Å². The second-order valence-electron chi connectivity index (χ2n) is 5.06. The van der Waals surface area contributed by atoms with Gasteiger partial charge in [-0.15, -0.1) is 0 Å². The summed E-state index contributed by atoms with van der Waals surface area (Å²) >= 11 is 3.25. The molecule has 0 aliphatic carbocycles. The number of carbonyl (C=O) groups excluding carboxylic acids is 1. The van der Waals surface area contributed by atoms with Crippen LogP contribution in [0.4, 0.5) is 5.69 Å². The number of nitro groups is 1. The highest BCUT2D eigenvalue weighted by Crippen LogP contribution is 2.27. The fourth-order valence-electron chi connectivity index (χ4n) is 2.13. The third kappa shape index (κ3) is 2.83. The van der Waals surface area contributed by atoms with Crippen LogP contribution in [-0.2, 0) is 4.74 Å². The SMILES string of the molecule is CC1OCCC1(C)NC(=O)c1cc([N+](=O)[O-])ccc1Br. The molecule has 1 aliphatic rings. The Labute approximate surface area is 124 Å². The van der Waals surface area contributed by atoms with E-state index in [0.717, 1.165) is 0 Å². The van der Waals surface area contributed by atoms with Crippen LogP contribution in [0.15, 0.2) is 22.7 Å². The van der Waals surface area contributed by atoms with Crippen molar-refractivity contribution < 1.29 is 14.5 Å². The number of hydrogen-bond donors (Lipinski definition) is 1. The van der Waals surface area contributed by atoms with Crippen LogP contribution in [0.25, 0.3) is 0 Å². The molecule has 1 heterocycles. The van der Waals surface area contributed by atoms with Crippen LogP contribution in [0.5, 0.6) is 0 Å². The number of halogens is 1. The molecule has 1 N–H and O–H groups in total. The van der Waals surface area contributed by atoms with Gasteiger partial charge in [0.1, 0.15) is 0 Å². The molecule has 7 heteroatoms. The zero-order valence-corrected chi connectivity index (χ0v) is 12.8. The van der Waals surface area contributed by atoms with Gasteiger partial charge < -0.3 is 10.1 Å². The highest BCUT2D eigenvalue weighted by Gasteiger charge is 2.38. The topological polar surface area (TPSA) is 81.5 Å². The average molecular weight is 343 g/mol. The lowest BCUT2D eigenvalue weighted by molar-refractivity contribution is -0.384. The van der Waals surface area contributed by atoms with Crippen LogP contribution in [0, 0.1) is 10.1 Å². The van der Waals surface area contributed by atoms with E-state index in [-0.39, 0.29) is 23.3 Å². The molecule has 108 valence electrons. The summed E-state index contributed by atoms with van der Waals surface area (Å²) in [6.45, 7) is 4.40. The fraction of sp³-hybridized carbons (Fsp3) is 0.462. The van der Waals surface area contributed by atoms with E-state index in [2.05, 4.69) is 21.2 Å². The Morgan fingerprint density at radius 1 is 1.60 bits per heavy atom. The van der Waals surface area contributed by atoms with Crippen LogP contribution >= 0.6 is 15.9 Å². The van der Waals surface area contributed by atoms with Crippen molar-refractivity contribution in [2.75, 3.05) is 6.61 Å². The lowest BCUT2D eigenvalue weighted by atomic mass is 9.94. The molecule has 0 aromatic heterocycles. The summed E-state index contributed by atoms with van der Waals surface area (Å²) < 4.78 is 5.99. The second-order valence-corrected chi connectivity index (χ2v) is 5.91. The Kier molecular flexibility index (Phi) is 4.10. The summed E-state index contributed by atoms with van der Waals surface area (Å²) in [5.74, 6) is -0.347. The zero-order chi connectivity index (χ0) is 14.9. The predicted molar refractivity (Wildman–Crippen MR) is 76.7 cm³/mol. The first kappa shape index (κ1) is 14.9. The van der Waals surface area contributed by atoms with Crippen molar-refractivity contribution in [1.29, 1.82) is 0 Å². The summed E-state index contributed by atoms with van der Waals surface area (Å²) in [5.41, 5.74) is -0.319. The minimum Gasteiger partial charge on any atom is -0.376 e. The molecule has 1 saturated heterocycles. The number of nitrogens with one attached hydrogen (secondary N) is 1. The van der Waals surface area contributed by atoms with Crippen molar-refractivity contribution in [3.63, 3.8) is 0 Å². The van der Waals surface area contributed by atoms with E-state index in [0.29, 0.717) is 17.5 Å². The monoisotopic (exact) mass is 342 g/mol. The number of carbonyl (C=O) groups is 1. The summed E-state index contributed by atoms with van der Waals surface area (Å²) in [6.07, 6.45) is 0.621. The van der Waals surface area contributed by atoms with Gasteiger partial charge in [0.25, 0.3) is 11.6 Å². The number of hydrogen-bond acceptors (Lipinski definition) is 4. The van der Waals surface area contributed by atoms with E-state index >= 15 is 0 Å². The van der Waals surface area contributed by atoms with Crippen molar-refractivity contribution in [3.05, 3.63) is 38.3 Å². The molecule has 1 aromatic rings. The molecule has 6 nitrogen and oxygen atoms in total. The number of amides is 1. The first-order valence-corrected chi connectivity index (χ1v) is 7.01. The molecular weight excluding hydrogens is 328 g/mol. The quantitative estimate of drug-likeness (QED) is 0.676. The van der Waals surface area contributed by atoms with Crippen molar-refractivity contribution in [2.45, 2.75) is 31.9 Å². The minimum absolute atomic E-state index is 0.0936. The molecule has 1 amide bonds. The van der Waals surface area contributed by atoms with E-state index in [9.17, 15) is 14.9 Å². The molecule has 2 atom stereocenters. The first-order chi connectivity index (χ1) is 9.33. The van der Waals surface area contributed by atoms with Gasteiger partial charge in [0.2, 0.25) is 0 Å². The standard InChI is InChI=1S/C13H15BrN2O4/c1-8-13(2,5-6-20-8)15-12(17)10-7-9(16(18)19)3-4-11(10)14/h3-4,7-8H,5-6H2,1-2H3,(H,15,17). The molecular formula is C13H15BrN2O4. The summed E-state index contributed by atoms with van der Waals surface area (Å²) in [7, 11) is 0. The maximum Gasteiger partial charge on any atom is 0.270 e. The normalized spacial score (nSPS) is 25.4. The summed E-state index contributed by atoms with van der Waals surface area (Å²) in [4.78, 5) is 22.6. The molecule has 0 bridgehead atoms. The molecule has 0 radical (unpaired) electrons. The van der Waals surface area contributed by atoms with Gasteiger partial charge in [-0.2, -0.15) is 0 Å². The molecule has 1 fully saturated rings. The van der Waals surface area contributed by atoms with Gasteiger partial charge in [0.05, 0.1) is 22.1 Å². The van der Waals surface area contributed by atoms with Gasteiger partial charge >= 0.3 is 0 Å². The van der Waals surface area contributed by atoms with Crippen molar-refractivity contribution >= 4 is 27.5 Å². The maximum absolute atomic E-state index is 12.3. The van der Waals surface area contributed by atoms with Gasteiger partial charge in [-0.25, -0.2) is 0 Å². The van der Waals surface area contributed by atoms with E-state index < -0.39 is 10.5 Å². The van der Waals surface area contributed by atoms with Gasteiger partial charge in [-0.3, -0.25) is 14.9 Å². The van der Waals surface area contributed by atoms with E-state index in [1.165, 1.54) is 18.2 Å². The summed E-state index contributed by atoms with van der Waals surface area (Å²) in [6, 6.07) is 4.12. The Balaban J connectivity index is 2.25. The fourth-order valence-corrected chi connectivity index (χ4v) is 2.55. The molecule has 20 heavy (non-hydrogen) atoms. The summed E-state index contributed by atoms with van der Waals surface area (Å²) in [5, 5.41) is 13.7. The molecule has 1 aromatic carbocycles. The highest BCUT2D eigenvalue weighted by atomic mass is 79.9. The number of nitro benzene ring substituents is 1. The Morgan fingerprint density at radius 3 is 2.85 bits per heavy atom. The highest BCUT2D eigenvalue weighted by molar-refractivity contribution is 9.10. The average Bonchev–Trinajstić information content (AvgIpc) is 2.69. The first-order valence-electron chi connectivity index (χ1n) is 6.21. The molecule has 0 spiro atoms. The smallest absolute Gasteiger partial charge is 0.270 e. The number of non-ortho nitro benzene ring substituents is 1. The van der Waals surface area contributed by atoms with Gasteiger partial charge in [0.15, 0.2) is 0 Å². The predicted octanol–water partition coefficient (Wildman–Crippen LogP) is 2.65. The van der Waals surface area contributed by atoms with Crippen molar-refractivity contribution in [2.24, 2.45) is 0 Å². The molecule has 2 unspecified atom stereocenters. The Hall–Kier alpha value is -1.47. The Bertz CT molecular complexity index is 563. The van der Waals surface area contributed by atoms with Gasteiger partial charge in [0, 0.05) is 23.2 Å². The van der Waals surface area contributed by atoms with E-state index in [4.69, 9.17) is 4.74 Å². The second kappa shape index (κ2) is 5.49. The number of ether oxygens (including phenoxy) is 1. The lowest BCUT2D eigenvalue weighted by Crippen LogP contribution is -2.50. The maximum atomic E-state index is 12.3. The molecule has 2 rings (SSSR count). The largest absolute Gasteiger partial charge is 0.376 e. The van der Waals surface area contributed by atoms with E-state index in [1.54, 1.807) is 0 Å². The van der Waals surface area contributed by atoms with Crippen molar-refractivity contribution in [1.82, 2.24) is 5.32 Å². The van der Waals surface area contributed by atoms with Gasteiger partial charge in [-0.05, 0) is 42.3 Å². The van der Waals surface area contributed by atoms with Crippen LogP contribution in [0.2, 0.25) is 0 Å². The van der Waals surface area contributed by atoms with Crippen LogP contribution in [0.3, 0.4) is 0 Å². The van der Waals surface area contributed by atoms with Crippen LogP contribution < -0.4 is 5.32 Å². The van der Waals surface area contributed by atoms with Crippen LogP contribution in [-0.4, -0.2) is 29.1 Å². The zero-order valence-electron chi connectivity index (χ0n) is 11.2. The third-order valence-electron chi connectivity index (χ3n) is 3.69. The molecule has 0 saturated carbocycles. The third-order valence-corrected chi connectivity index (χ3v) is 4.38. The molecule has 1 aliphatic heterocycles. The number of rotatable bonds is 3. The van der Waals surface area contributed by atoms with E-state index in [1.807, 2.05) is 13.8 Å². The van der Waals surface area contributed by atoms with Crippen molar-refractivity contribution in [3.8, 4) is 0 Å². The lowest BCUT2D eigenvalue weighted by Gasteiger charge is -2.29. The number of benzene rings is 1.